The van der Waals surface area contributed by atoms with Crippen molar-refractivity contribution in [3.05, 3.63) is 29.8 Å². The molecule has 0 bridgehead atoms. The van der Waals surface area contributed by atoms with Crippen molar-refractivity contribution < 1.29 is 22.0 Å². The third kappa shape index (κ3) is 5.03. The molecule has 1 aliphatic rings. The average Bonchev–Trinajstić information content (AvgIpc) is 2.69. The summed E-state index contributed by atoms with van der Waals surface area (Å²) in [6, 6.07) is 6.35. The number of amides is 1. The standard InChI is InChI=1S/C18H20F2N4O3S/c19-16-4-3-15(13-17(16)20)28(26,27)24-11-5-14(6-12-24)18(25)23(9-1-7-21)10-2-8-22/h3-4,13-14H,1-2,5-6,9-12H2. The summed E-state index contributed by atoms with van der Waals surface area (Å²) in [6.45, 7) is 0.596. The van der Waals surface area contributed by atoms with Crippen LogP contribution >= 0.6 is 0 Å². The summed E-state index contributed by atoms with van der Waals surface area (Å²) in [7, 11) is -3.98. The van der Waals surface area contributed by atoms with E-state index in [1.54, 1.807) is 0 Å². The van der Waals surface area contributed by atoms with Crippen molar-refractivity contribution in [2.75, 3.05) is 26.2 Å². The number of benzene rings is 1. The molecule has 0 aliphatic carbocycles. The van der Waals surface area contributed by atoms with Crippen LogP contribution in [0.15, 0.2) is 23.1 Å². The van der Waals surface area contributed by atoms with Crippen LogP contribution in [-0.2, 0) is 14.8 Å². The lowest BCUT2D eigenvalue weighted by Crippen LogP contribution is -2.44. The lowest BCUT2D eigenvalue weighted by atomic mass is 9.96. The molecule has 1 saturated heterocycles. The van der Waals surface area contributed by atoms with Gasteiger partial charge in [0, 0.05) is 32.1 Å². The van der Waals surface area contributed by atoms with Gasteiger partial charge in [-0.3, -0.25) is 4.79 Å². The molecule has 7 nitrogen and oxygen atoms in total. The molecule has 0 N–H and O–H groups in total. The van der Waals surface area contributed by atoms with Crippen molar-refractivity contribution in [2.45, 2.75) is 30.6 Å². The smallest absolute Gasteiger partial charge is 0.243 e. The van der Waals surface area contributed by atoms with Crippen LogP contribution in [-0.4, -0.2) is 49.7 Å². The fourth-order valence-electron chi connectivity index (χ4n) is 3.09. The molecule has 1 fully saturated rings. The van der Waals surface area contributed by atoms with Crippen molar-refractivity contribution in [1.29, 1.82) is 10.5 Å². The molecule has 0 saturated carbocycles. The molecule has 1 heterocycles. The van der Waals surface area contributed by atoms with Crippen LogP contribution < -0.4 is 0 Å². The van der Waals surface area contributed by atoms with E-state index in [4.69, 9.17) is 10.5 Å². The molecule has 28 heavy (non-hydrogen) atoms. The minimum absolute atomic E-state index is 0.0715. The highest BCUT2D eigenvalue weighted by Gasteiger charge is 2.34. The first-order valence-electron chi connectivity index (χ1n) is 8.79. The first-order valence-corrected chi connectivity index (χ1v) is 10.2. The Balaban J connectivity index is 2.04. The van der Waals surface area contributed by atoms with Crippen molar-refractivity contribution in [3.63, 3.8) is 0 Å². The second-order valence-corrected chi connectivity index (χ2v) is 8.33. The van der Waals surface area contributed by atoms with Crippen LogP contribution in [0.25, 0.3) is 0 Å². The van der Waals surface area contributed by atoms with Gasteiger partial charge in [-0.05, 0) is 31.0 Å². The van der Waals surface area contributed by atoms with Crippen LogP contribution in [0, 0.1) is 40.2 Å². The minimum Gasteiger partial charge on any atom is -0.340 e. The lowest BCUT2D eigenvalue weighted by Gasteiger charge is -2.33. The van der Waals surface area contributed by atoms with E-state index >= 15 is 0 Å². The number of carbonyl (C=O) groups excluding carboxylic acids is 1. The second-order valence-electron chi connectivity index (χ2n) is 6.40. The number of hydrogen-bond acceptors (Lipinski definition) is 5. The maximum atomic E-state index is 13.4. The van der Waals surface area contributed by atoms with Gasteiger partial charge in [0.05, 0.1) is 29.9 Å². The Hall–Kier alpha value is -2.56. The van der Waals surface area contributed by atoms with E-state index in [1.807, 2.05) is 12.1 Å². The van der Waals surface area contributed by atoms with Crippen molar-refractivity contribution in [3.8, 4) is 12.1 Å². The molecule has 1 aromatic rings. The third-order valence-corrected chi connectivity index (χ3v) is 6.53. The summed E-state index contributed by atoms with van der Waals surface area (Å²) in [5.41, 5.74) is 0. The molecule has 0 radical (unpaired) electrons. The van der Waals surface area contributed by atoms with Gasteiger partial charge in [0.2, 0.25) is 15.9 Å². The molecular formula is C18H20F2N4O3S. The van der Waals surface area contributed by atoms with E-state index in [9.17, 15) is 22.0 Å². The van der Waals surface area contributed by atoms with Gasteiger partial charge in [0.1, 0.15) is 0 Å². The van der Waals surface area contributed by atoms with E-state index in [-0.39, 0.29) is 62.7 Å². The van der Waals surface area contributed by atoms with Gasteiger partial charge in [0.25, 0.3) is 0 Å². The molecule has 10 heteroatoms. The van der Waals surface area contributed by atoms with E-state index < -0.39 is 27.6 Å². The zero-order valence-electron chi connectivity index (χ0n) is 15.1. The Labute approximate surface area is 162 Å². The number of piperidine rings is 1. The number of halogens is 2. The molecule has 1 amide bonds. The monoisotopic (exact) mass is 410 g/mol. The third-order valence-electron chi connectivity index (χ3n) is 4.63. The highest BCUT2D eigenvalue weighted by molar-refractivity contribution is 7.89. The fourth-order valence-corrected chi connectivity index (χ4v) is 4.57. The first-order chi connectivity index (χ1) is 13.3. The normalized spacial score (nSPS) is 15.6. The summed E-state index contributed by atoms with van der Waals surface area (Å²) in [4.78, 5) is 13.8. The van der Waals surface area contributed by atoms with Gasteiger partial charge in [0.15, 0.2) is 11.6 Å². The largest absolute Gasteiger partial charge is 0.340 e. The van der Waals surface area contributed by atoms with Gasteiger partial charge < -0.3 is 4.90 Å². The topological polar surface area (TPSA) is 105 Å². The maximum Gasteiger partial charge on any atom is 0.243 e. The van der Waals surface area contributed by atoms with E-state index in [0.717, 1.165) is 16.4 Å². The number of nitriles is 2. The quantitative estimate of drug-likeness (QED) is 0.684. The summed E-state index contributed by atoms with van der Waals surface area (Å²) < 4.78 is 52.8. The predicted octanol–water partition coefficient (Wildman–Crippen LogP) is 2.02. The van der Waals surface area contributed by atoms with Gasteiger partial charge >= 0.3 is 0 Å². The number of carbonyl (C=O) groups is 1. The Morgan fingerprint density at radius 2 is 1.68 bits per heavy atom. The zero-order chi connectivity index (χ0) is 20.7. The van der Waals surface area contributed by atoms with Crippen molar-refractivity contribution in [1.82, 2.24) is 9.21 Å². The van der Waals surface area contributed by atoms with Crippen molar-refractivity contribution >= 4 is 15.9 Å². The molecule has 0 aromatic heterocycles. The Morgan fingerprint density at radius 1 is 1.11 bits per heavy atom. The molecule has 150 valence electrons. The Morgan fingerprint density at radius 3 is 2.18 bits per heavy atom. The number of rotatable bonds is 7. The van der Waals surface area contributed by atoms with Crippen LogP contribution in [0.2, 0.25) is 0 Å². The molecule has 0 unspecified atom stereocenters. The van der Waals surface area contributed by atoms with E-state index in [0.29, 0.717) is 6.07 Å². The van der Waals surface area contributed by atoms with Crippen LogP contribution in [0.1, 0.15) is 25.7 Å². The van der Waals surface area contributed by atoms with Gasteiger partial charge in [-0.15, -0.1) is 0 Å². The molecule has 1 aliphatic heterocycles. The number of hydrogen-bond donors (Lipinski definition) is 0. The van der Waals surface area contributed by atoms with Crippen molar-refractivity contribution in [2.24, 2.45) is 5.92 Å². The SMILES string of the molecule is N#CCCN(CCC#N)C(=O)C1CCN(S(=O)(=O)c2ccc(F)c(F)c2)CC1. The average molecular weight is 410 g/mol. The summed E-state index contributed by atoms with van der Waals surface area (Å²) in [5.74, 6) is -2.97. The lowest BCUT2D eigenvalue weighted by molar-refractivity contribution is -0.136. The number of sulfonamides is 1. The molecule has 0 spiro atoms. The Bertz CT molecular complexity index is 882. The summed E-state index contributed by atoms with van der Waals surface area (Å²) in [5, 5.41) is 17.5. The van der Waals surface area contributed by atoms with Crippen LogP contribution in [0.5, 0.6) is 0 Å². The fraction of sp³-hybridized carbons (Fsp3) is 0.500. The van der Waals surface area contributed by atoms with Gasteiger partial charge in [-0.2, -0.15) is 14.8 Å². The predicted molar refractivity (Wildman–Crippen MR) is 94.9 cm³/mol. The molecular weight excluding hydrogens is 390 g/mol. The van der Waals surface area contributed by atoms with Gasteiger partial charge in [-0.1, -0.05) is 0 Å². The summed E-state index contributed by atoms with van der Waals surface area (Å²) in [6.07, 6.45) is 0.857. The maximum absolute atomic E-state index is 13.4. The number of nitrogens with zero attached hydrogens (tertiary/aromatic N) is 4. The van der Waals surface area contributed by atoms with Crippen LogP contribution in [0.3, 0.4) is 0 Å². The molecule has 1 aromatic carbocycles. The highest BCUT2D eigenvalue weighted by Crippen LogP contribution is 2.26. The summed E-state index contributed by atoms with van der Waals surface area (Å²) >= 11 is 0. The Kier molecular flexibility index (Phi) is 7.44. The van der Waals surface area contributed by atoms with E-state index in [1.165, 1.54) is 4.90 Å². The van der Waals surface area contributed by atoms with Crippen LogP contribution in [0.4, 0.5) is 8.78 Å². The van der Waals surface area contributed by atoms with E-state index in [2.05, 4.69) is 0 Å². The minimum atomic E-state index is -3.98. The molecule has 0 atom stereocenters. The van der Waals surface area contributed by atoms with Gasteiger partial charge in [-0.25, -0.2) is 17.2 Å². The first kappa shape index (κ1) is 21.7. The zero-order valence-corrected chi connectivity index (χ0v) is 16.0. The molecule has 2 rings (SSSR count). The second kappa shape index (κ2) is 9.58. The highest BCUT2D eigenvalue weighted by atomic mass is 32.2.